The molecule has 5 aliphatic rings. The monoisotopic (exact) mass is 716 g/mol. The lowest BCUT2D eigenvalue weighted by Gasteiger charge is -2.47. The molecule has 10 nitrogen and oxygen atoms in total. The van der Waals surface area contributed by atoms with Crippen LogP contribution in [0.4, 0.5) is 0 Å². The highest BCUT2D eigenvalue weighted by atomic mass is 16.6. The van der Waals surface area contributed by atoms with Crippen molar-refractivity contribution in [2.75, 3.05) is 0 Å². The number of hydrogen-bond donors (Lipinski definition) is 1. The molecule has 2 bridgehead atoms. The van der Waals surface area contributed by atoms with Gasteiger partial charge in [0.05, 0.1) is 22.2 Å². The molecule has 1 heterocycles. The number of carboxylic acid groups (broad SMARTS) is 1. The minimum absolute atomic E-state index is 0.00238. The summed E-state index contributed by atoms with van der Waals surface area (Å²) < 4.78 is 24.6. The number of carboxylic acids is 1. The summed E-state index contributed by atoms with van der Waals surface area (Å²) in [6.07, 6.45) is 8.99. The SMILES string of the molecule is CCC1(OC(=O)C(C)(CC(C)CC(=O)OC2(C(C)(C)C)CCCCC2)CC(C)(C(=O)OC2C3CC4C(=O)OC2C4C3)C(C)(C)C(=O)O)CCCC1. The Kier molecular flexibility index (Phi) is 10.8. The zero-order valence-electron chi connectivity index (χ0n) is 32.7. The molecule has 51 heavy (non-hydrogen) atoms. The van der Waals surface area contributed by atoms with E-state index in [9.17, 15) is 29.1 Å². The van der Waals surface area contributed by atoms with Crippen LogP contribution >= 0.6 is 0 Å². The summed E-state index contributed by atoms with van der Waals surface area (Å²) >= 11 is 0. The average Bonchev–Trinajstić information content (AvgIpc) is 3.80. The van der Waals surface area contributed by atoms with Crippen molar-refractivity contribution < 1.29 is 48.0 Å². The maximum absolute atomic E-state index is 14.6. The Morgan fingerprint density at radius 2 is 1.49 bits per heavy atom. The second-order valence-corrected chi connectivity index (χ2v) is 19.2. The van der Waals surface area contributed by atoms with Gasteiger partial charge in [0.15, 0.2) is 0 Å². The fraction of sp³-hybridized carbons (Fsp3) is 0.878. The molecular weight excluding hydrogens is 652 g/mol. The van der Waals surface area contributed by atoms with E-state index in [4.69, 9.17) is 18.9 Å². The molecule has 0 radical (unpaired) electrons. The molecule has 1 aliphatic heterocycles. The van der Waals surface area contributed by atoms with E-state index in [0.717, 1.165) is 64.2 Å². The summed E-state index contributed by atoms with van der Waals surface area (Å²) in [4.78, 5) is 68.2. The maximum Gasteiger partial charge on any atom is 0.313 e. The van der Waals surface area contributed by atoms with E-state index in [1.807, 2.05) is 13.8 Å². The van der Waals surface area contributed by atoms with Crippen LogP contribution in [0, 0.1) is 45.3 Å². The van der Waals surface area contributed by atoms with Crippen LogP contribution in [0.3, 0.4) is 0 Å². The third-order valence-corrected chi connectivity index (χ3v) is 14.4. The first-order valence-electron chi connectivity index (χ1n) is 19.7. The lowest BCUT2D eigenvalue weighted by atomic mass is 9.58. The topological polar surface area (TPSA) is 143 Å². The Labute approximate surface area is 304 Å². The second-order valence-electron chi connectivity index (χ2n) is 19.2. The number of hydrogen-bond acceptors (Lipinski definition) is 9. The highest BCUT2D eigenvalue weighted by molar-refractivity contribution is 5.88. The van der Waals surface area contributed by atoms with E-state index < -0.39 is 57.6 Å². The van der Waals surface area contributed by atoms with Crippen LogP contribution in [0.2, 0.25) is 0 Å². The Balaban J connectivity index is 1.42. The molecule has 5 rings (SSSR count). The molecule has 8 atom stereocenters. The van der Waals surface area contributed by atoms with Crippen LogP contribution in [0.1, 0.15) is 159 Å². The van der Waals surface area contributed by atoms with Gasteiger partial charge in [-0.3, -0.25) is 24.0 Å². The fourth-order valence-electron chi connectivity index (χ4n) is 10.5. The molecule has 0 spiro atoms. The lowest BCUT2D eigenvalue weighted by molar-refractivity contribution is -0.193. The van der Waals surface area contributed by atoms with Gasteiger partial charge in [0, 0.05) is 23.7 Å². The van der Waals surface area contributed by atoms with Gasteiger partial charge in [-0.2, -0.15) is 0 Å². The van der Waals surface area contributed by atoms with Crippen molar-refractivity contribution in [3.8, 4) is 0 Å². The van der Waals surface area contributed by atoms with Gasteiger partial charge in [-0.15, -0.1) is 0 Å². The van der Waals surface area contributed by atoms with Gasteiger partial charge in [-0.25, -0.2) is 0 Å². The molecule has 1 N–H and O–H groups in total. The van der Waals surface area contributed by atoms with E-state index in [2.05, 4.69) is 20.8 Å². The Morgan fingerprint density at radius 1 is 0.882 bits per heavy atom. The summed E-state index contributed by atoms with van der Waals surface area (Å²) in [6.45, 7) is 16.6. The number of carbonyl (C=O) groups is 5. The third kappa shape index (κ3) is 7.19. The molecule has 0 aromatic rings. The van der Waals surface area contributed by atoms with E-state index in [1.54, 1.807) is 13.8 Å². The van der Waals surface area contributed by atoms with Crippen molar-refractivity contribution in [2.45, 2.75) is 182 Å². The van der Waals surface area contributed by atoms with Gasteiger partial charge in [0.2, 0.25) is 0 Å². The van der Waals surface area contributed by atoms with Crippen LogP contribution in [0.5, 0.6) is 0 Å². The summed E-state index contributed by atoms with van der Waals surface area (Å²) in [6, 6.07) is 0. The second kappa shape index (κ2) is 14.0. The Morgan fingerprint density at radius 3 is 2.06 bits per heavy atom. The number of aliphatic carboxylic acids is 1. The van der Waals surface area contributed by atoms with Crippen molar-refractivity contribution >= 4 is 29.8 Å². The first-order valence-corrected chi connectivity index (χ1v) is 19.7. The molecule has 288 valence electrons. The highest BCUT2D eigenvalue weighted by Crippen LogP contribution is 2.57. The van der Waals surface area contributed by atoms with Crippen LogP contribution in [-0.2, 0) is 42.9 Å². The quantitative estimate of drug-likeness (QED) is 0.139. The normalized spacial score (nSPS) is 30.8. The number of esters is 4. The molecular formula is C41H64O10. The lowest BCUT2D eigenvalue weighted by Crippen LogP contribution is -2.54. The molecule has 5 fully saturated rings. The van der Waals surface area contributed by atoms with Crippen molar-refractivity contribution in [1.82, 2.24) is 0 Å². The highest BCUT2D eigenvalue weighted by Gasteiger charge is 2.65. The molecule has 4 saturated carbocycles. The Hall–Kier alpha value is -2.65. The zero-order chi connectivity index (χ0) is 37.8. The van der Waals surface area contributed by atoms with Crippen LogP contribution in [0.25, 0.3) is 0 Å². The smallest absolute Gasteiger partial charge is 0.313 e. The molecule has 1 saturated heterocycles. The van der Waals surface area contributed by atoms with Crippen LogP contribution in [-0.4, -0.2) is 58.4 Å². The van der Waals surface area contributed by atoms with Crippen molar-refractivity contribution in [2.24, 2.45) is 45.3 Å². The van der Waals surface area contributed by atoms with Gasteiger partial charge in [-0.1, -0.05) is 41.0 Å². The molecule has 4 aliphatic carbocycles. The summed E-state index contributed by atoms with van der Waals surface area (Å²) in [5.74, 6) is -3.52. The number of fused-ring (bicyclic) bond motifs is 1. The molecule has 8 unspecified atom stereocenters. The van der Waals surface area contributed by atoms with E-state index in [0.29, 0.717) is 12.8 Å². The van der Waals surface area contributed by atoms with Gasteiger partial charge in [0.1, 0.15) is 23.4 Å². The third-order valence-electron chi connectivity index (χ3n) is 14.4. The van der Waals surface area contributed by atoms with Gasteiger partial charge >= 0.3 is 29.8 Å². The number of ether oxygens (including phenoxy) is 4. The number of carbonyl (C=O) groups excluding carboxylic acids is 4. The van der Waals surface area contributed by atoms with Crippen molar-refractivity contribution in [3.05, 3.63) is 0 Å². The van der Waals surface area contributed by atoms with E-state index in [1.165, 1.54) is 13.8 Å². The predicted molar refractivity (Wildman–Crippen MR) is 189 cm³/mol. The van der Waals surface area contributed by atoms with Crippen molar-refractivity contribution in [3.63, 3.8) is 0 Å². The van der Waals surface area contributed by atoms with E-state index >= 15 is 0 Å². The largest absolute Gasteiger partial charge is 0.481 e. The standard InChI is InChI=1S/C41H64O10/c1-10-40(16-14-15-17-40)51-34(46)38(8,23-25(2)20-29(42)50-41(36(3,4)5)18-12-11-13-19-41)24-39(9,37(6,7)33(44)45)35(47)49-30-26-21-27-28(22-26)32(43)48-31(27)30/h25-28,30-31H,10-24H2,1-9H3,(H,44,45). The van der Waals surface area contributed by atoms with Crippen LogP contribution in [0.15, 0.2) is 0 Å². The summed E-state index contributed by atoms with van der Waals surface area (Å²) in [7, 11) is 0. The first kappa shape index (κ1) is 39.6. The average molecular weight is 717 g/mol. The predicted octanol–water partition coefficient (Wildman–Crippen LogP) is 7.97. The zero-order valence-corrected chi connectivity index (χ0v) is 32.7. The van der Waals surface area contributed by atoms with Gasteiger partial charge in [-0.05, 0) is 117 Å². The molecule has 0 amide bonds. The van der Waals surface area contributed by atoms with Crippen molar-refractivity contribution in [1.29, 1.82) is 0 Å². The minimum Gasteiger partial charge on any atom is -0.481 e. The first-order chi connectivity index (χ1) is 23.6. The molecule has 0 aromatic heterocycles. The Bertz CT molecular complexity index is 1360. The number of rotatable bonds is 14. The fourth-order valence-corrected chi connectivity index (χ4v) is 10.5. The summed E-state index contributed by atoms with van der Waals surface area (Å²) in [5.41, 5.74) is -6.10. The van der Waals surface area contributed by atoms with E-state index in [-0.39, 0.29) is 60.3 Å². The van der Waals surface area contributed by atoms with Gasteiger partial charge < -0.3 is 24.1 Å². The van der Waals surface area contributed by atoms with Crippen LogP contribution < -0.4 is 0 Å². The molecule has 10 heteroatoms. The molecule has 0 aromatic carbocycles. The maximum atomic E-state index is 14.6. The van der Waals surface area contributed by atoms with Gasteiger partial charge in [0.25, 0.3) is 0 Å². The summed E-state index contributed by atoms with van der Waals surface area (Å²) in [5, 5.41) is 10.6. The minimum atomic E-state index is -1.69.